The van der Waals surface area contributed by atoms with Crippen LogP contribution >= 0.6 is 0 Å². The summed E-state index contributed by atoms with van der Waals surface area (Å²) in [4.78, 5) is 0. The maximum absolute atomic E-state index is 14.9. The fraction of sp³-hybridized carbons (Fsp3) is 0.837. The molecule has 1 N–H and O–H groups in total. The van der Waals surface area contributed by atoms with E-state index in [2.05, 4.69) is 94.3 Å². The van der Waals surface area contributed by atoms with Crippen molar-refractivity contribution in [2.24, 2.45) is 5.92 Å². The van der Waals surface area contributed by atoms with Gasteiger partial charge in [-0.25, -0.2) is 13.2 Å². The zero-order valence-corrected chi connectivity index (χ0v) is 43.1. The van der Waals surface area contributed by atoms with Gasteiger partial charge in [0.05, 0.1) is 24.1 Å². The topological polar surface area (TPSA) is 51.5 Å². The normalized spacial score (nSPS) is 20.4. The molecule has 0 heterocycles. The van der Waals surface area contributed by atoms with Crippen molar-refractivity contribution in [3.05, 3.63) is 35.1 Å². The number of alkyl halides is 3. The summed E-state index contributed by atoms with van der Waals surface area (Å²) in [5.74, 6) is -3.82. The van der Waals surface area contributed by atoms with Crippen LogP contribution in [0.2, 0.25) is 69.5 Å². The third kappa shape index (κ3) is 13.4. The first kappa shape index (κ1) is 54.2. The summed E-state index contributed by atoms with van der Waals surface area (Å²) in [7, 11) is -11.7. The molecular weight excluding hydrogens is 805 g/mol. The average molecular weight is 886 g/mol. The Morgan fingerprint density at radius 2 is 1.25 bits per heavy atom. The number of nitrogens with one attached hydrogen (secondary N) is 1. The van der Waals surface area contributed by atoms with Crippen molar-refractivity contribution < 1.29 is 39.6 Å². The Bertz CT molecular complexity index is 1450. The van der Waals surface area contributed by atoms with Gasteiger partial charge in [0.25, 0.3) is 0 Å². The number of hydrogen-bond acceptors (Lipinski definition) is 4. The third-order valence-electron chi connectivity index (χ3n) is 13.5. The van der Waals surface area contributed by atoms with Crippen molar-refractivity contribution in [1.29, 1.82) is 5.41 Å². The van der Waals surface area contributed by atoms with Gasteiger partial charge in [0.1, 0.15) is 0 Å². The van der Waals surface area contributed by atoms with Gasteiger partial charge in [-0.2, -0.15) is 13.2 Å². The molecule has 4 nitrogen and oxygen atoms in total. The smallest absolute Gasteiger partial charge is 0.388 e. The molecule has 0 saturated carbocycles. The highest BCUT2D eigenvalue weighted by molar-refractivity contribution is 6.84. The van der Waals surface area contributed by atoms with Crippen molar-refractivity contribution in [3.63, 3.8) is 0 Å². The minimum Gasteiger partial charge on any atom is -0.412 e. The first-order chi connectivity index (χ1) is 25.5. The molecule has 0 aliphatic heterocycles. The molecule has 0 spiro atoms. The molecule has 7 atom stereocenters. The molecule has 57 heavy (non-hydrogen) atoms. The van der Waals surface area contributed by atoms with E-state index in [1.54, 1.807) is 0 Å². The maximum Gasteiger partial charge on any atom is 0.388 e. The second-order valence-electron chi connectivity index (χ2n) is 21.0. The summed E-state index contributed by atoms with van der Waals surface area (Å²) >= 11 is 0. The van der Waals surface area contributed by atoms with E-state index in [9.17, 15) is 26.3 Å². The monoisotopic (exact) mass is 886 g/mol. The highest BCUT2D eigenvalue weighted by Crippen LogP contribution is 2.61. The third-order valence-corrected chi connectivity index (χ3v) is 28.4. The molecule has 1 aromatic rings. The standard InChI is InChI=1S/C43H81F6NO3Si4/c1-19-22-23-25-39(7,40(8,24-20-2)56(17,27-26-43(47,48)49)53-42(10,31-50)54(11,12)13)51-57(18,41(9,30-33(4)21-3)52-55(14,15)16)32-38(5,6)34-28-35(44)37(46)36(45)29-34/h28-29,31,33,50H,19-27,30,32H2,1-18H3. The molecule has 0 aromatic heterocycles. The number of benzene rings is 1. The largest absolute Gasteiger partial charge is 0.412 e. The van der Waals surface area contributed by atoms with E-state index in [0.29, 0.717) is 37.3 Å². The predicted octanol–water partition coefficient (Wildman–Crippen LogP) is 15.3. The van der Waals surface area contributed by atoms with Gasteiger partial charge in [-0.15, -0.1) is 0 Å². The maximum atomic E-state index is 14.9. The van der Waals surface area contributed by atoms with Crippen LogP contribution in [0.3, 0.4) is 0 Å². The van der Waals surface area contributed by atoms with Gasteiger partial charge in [-0.3, -0.25) is 0 Å². The summed E-state index contributed by atoms with van der Waals surface area (Å²) in [5, 5.41) is 5.85. The van der Waals surface area contributed by atoms with E-state index in [1.807, 2.05) is 27.3 Å². The van der Waals surface area contributed by atoms with Crippen LogP contribution in [0.15, 0.2) is 12.1 Å². The molecule has 1 rings (SSSR count). The first-order valence-electron chi connectivity index (χ1n) is 21.3. The Balaban J connectivity index is 4.56. The Morgan fingerprint density at radius 3 is 1.65 bits per heavy atom. The lowest BCUT2D eigenvalue weighted by Gasteiger charge is -2.62. The molecule has 0 saturated heterocycles. The fourth-order valence-corrected chi connectivity index (χ4v) is 24.0. The van der Waals surface area contributed by atoms with Crippen LogP contribution in [0.1, 0.15) is 133 Å². The molecule has 334 valence electrons. The Labute approximate surface area is 348 Å². The number of halogens is 6. The van der Waals surface area contributed by atoms with Crippen LogP contribution in [0, 0.1) is 28.8 Å². The summed E-state index contributed by atoms with van der Waals surface area (Å²) in [6.07, 6.45) is 1.76. The van der Waals surface area contributed by atoms with E-state index in [0.717, 1.165) is 37.8 Å². The zero-order chi connectivity index (χ0) is 44.9. The number of rotatable bonds is 25. The van der Waals surface area contributed by atoms with E-state index < -0.39 is 89.6 Å². The van der Waals surface area contributed by atoms with Crippen molar-refractivity contribution in [2.45, 2.75) is 224 Å². The summed E-state index contributed by atoms with van der Waals surface area (Å²) in [6, 6.07) is 2.29. The molecule has 0 fully saturated rings. The SMILES string of the molecule is CCCCCC(C)(O[Si](C)(CC(C)(C)c1cc(F)c(F)c(F)c1)C(C)(CC(C)CC)O[Si](C)(C)C)C(C)(CCC)[Si](C)(CCC(F)(F)F)OC(C)(C=N)[Si](C)(C)C. The number of unbranched alkanes of at least 4 members (excludes halogenated alkanes) is 2. The van der Waals surface area contributed by atoms with Gasteiger partial charge >= 0.3 is 6.18 Å². The molecule has 0 bridgehead atoms. The lowest BCUT2D eigenvalue weighted by molar-refractivity contribution is -0.131. The predicted molar refractivity (Wildman–Crippen MR) is 238 cm³/mol. The summed E-state index contributed by atoms with van der Waals surface area (Å²) < 4.78 is 110. The highest BCUT2D eigenvalue weighted by Gasteiger charge is 2.65. The minimum absolute atomic E-state index is 0.193. The molecular formula is C43H81F6NO3Si4. The van der Waals surface area contributed by atoms with Crippen LogP contribution in [0.4, 0.5) is 26.3 Å². The van der Waals surface area contributed by atoms with Crippen molar-refractivity contribution >= 4 is 39.2 Å². The lowest BCUT2D eigenvalue weighted by atomic mass is 9.82. The molecule has 0 aliphatic carbocycles. The minimum atomic E-state index is -4.42. The van der Waals surface area contributed by atoms with Gasteiger partial charge in [-0.05, 0) is 114 Å². The molecule has 7 unspecified atom stereocenters. The van der Waals surface area contributed by atoms with Gasteiger partial charge in [0, 0.05) is 17.7 Å². The lowest BCUT2D eigenvalue weighted by Crippen LogP contribution is -2.71. The van der Waals surface area contributed by atoms with Gasteiger partial charge in [0.15, 0.2) is 34.1 Å². The Hall–Kier alpha value is -0.782. The van der Waals surface area contributed by atoms with Gasteiger partial charge in [-0.1, -0.05) is 100 Å². The van der Waals surface area contributed by atoms with E-state index in [1.165, 1.54) is 6.21 Å². The summed E-state index contributed by atoms with van der Waals surface area (Å²) in [6.45, 7) is 37.2. The number of hydrogen-bond donors (Lipinski definition) is 1. The van der Waals surface area contributed by atoms with Crippen molar-refractivity contribution in [3.8, 4) is 0 Å². The molecule has 1 aromatic carbocycles. The van der Waals surface area contributed by atoms with Crippen LogP contribution in [0.5, 0.6) is 0 Å². The van der Waals surface area contributed by atoms with E-state index in [4.69, 9.17) is 18.7 Å². The zero-order valence-electron chi connectivity index (χ0n) is 39.1. The molecule has 0 aliphatic rings. The van der Waals surface area contributed by atoms with Crippen LogP contribution in [0.25, 0.3) is 0 Å². The molecule has 0 amide bonds. The van der Waals surface area contributed by atoms with Crippen LogP contribution < -0.4 is 0 Å². The quantitative estimate of drug-likeness (QED) is 0.0350. The van der Waals surface area contributed by atoms with Gasteiger partial charge in [0.2, 0.25) is 8.32 Å². The second kappa shape index (κ2) is 19.5. The van der Waals surface area contributed by atoms with E-state index >= 15 is 0 Å². The fourth-order valence-electron chi connectivity index (χ4n) is 9.00. The average Bonchev–Trinajstić information content (AvgIpc) is 3.03. The van der Waals surface area contributed by atoms with Crippen molar-refractivity contribution in [1.82, 2.24) is 0 Å². The Morgan fingerprint density at radius 1 is 0.719 bits per heavy atom. The van der Waals surface area contributed by atoms with E-state index in [-0.39, 0.29) is 12.0 Å². The second-order valence-corrected chi connectivity index (χ2v) is 39.3. The summed E-state index contributed by atoms with van der Waals surface area (Å²) in [5.41, 5.74) is -1.66. The first-order valence-corrected chi connectivity index (χ1v) is 33.5. The van der Waals surface area contributed by atoms with Crippen molar-refractivity contribution in [2.75, 3.05) is 0 Å². The molecule has 0 radical (unpaired) electrons. The van der Waals surface area contributed by atoms with Crippen LogP contribution in [-0.4, -0.2) is 61.5 Å². The van der Waals surface area contributed by atoms with Crippen LogP contribution in [-0.2, 0) is 18.7 Å². The Kier molecular flexibility index (Phi) is 18.6. The molecule has 14 heteroatoms. The van der Waals surface area contributed by atoms with Gasteiger partial charge < -0.3 is 18.7 Å². The highest BCUT2D eigenvalue weighted by atomic mass is 28.4.